The lowest BCUT2D eigenvalue weighted by Gasteiger charge is -2.32. The fraction of sp³-hybridized carbons (Fsp3) is 1.00. The van der Waals surface area contributed by atoms with Crippen LogP contribution < -0.4 is 0 Å². The Balaban J connectivity index is 4.15. The first kappa shape index (κ1) is 12.2. The molecule has 0 spiro atoms. The summed E-state index contributed by atoms with van der Waals surface area (Å²) in [6.45, 7) is 15.7. The Labute approximate surface area is 78.6 Å². The van der Waals surface area contributed by atoms with Crippen molar-refractivity contribution in [3.63, 3.8) is 0 Å². The second kappa shape index (κ2) is 4.42. The van der Waals surface area contributed by atoms with E-state index < -0.39 is 8.32 Å². The summed E-state index contributed by atoms with van der Waals surface area (Å²) in [5, 5.41) is 0. The molecule has 1 nitrogen and oxygen atoms in total. The molecule has 0 fully saturated rings. The first-order chi connectivity index (χ1) is 5.24. The van der Waals surface area contributed by atoms with Crippen molar-refractivity contribution in [3.05, 3.63) is 0 Å². The number of hydrogen-bond acceptors (Lipinski definition) is 1. The predicted molar refractivity (Wildman–Crippen MR) is 57.9 cm³/mol. The third-order valence-corrected chi connectivity index (χ3v) is 2.78. The molecule has 0 aromatic carbocycles. The Hall–Kier alpha value is 0.177. The maximum atomic E-state index is 6.10. The molecule has 0 aliphatic heterocycles. The summed E-state index contributed by atoms with van der Waals surface area (Å²) in [7, 11) is -1.35. The molecular weight excluding hydrogens is 164 g/mol. The van der Waals surface area contributed by atoms with Crippen LogP contribution in [0.25, 0.3) is 0 Å². The van der Waals surface area contributed by atoms with Crippen LogP contribution in [0.1, 0.15) is 27.7 Å². The fourth-order valence-corrected chi connectivity index (χ4v) is 2.81. The number of hydrogen-bond donors (Lipinski definition) is 0. The van der Waals surface area contributed by atoms with E-state index in [-0.39, 0.29) is 0 Å². The molecule has 0 N–H and O–H groups in total. The van der Waals surface area contributed by atoms with E-state index in [1.165, 1.54) is 0 Å². The van der Waals surface area contributed by atoms with Gasteiger partial charge in [-0.15, -0.1) is 0 Å². The van der Waals surface area contributed by atoms with Gasteiger partial charge in [-0.2, -0.15) is 0 Å². The summed E-state index contributed by atoms with van der Waals surface area (Å²) >= 11 is 0. The van der Waals surface area contributed by atoms with Gasteiger partial charge in [0.25, 0.3) is 0 Å². The Morgan fingerprint density at radius 1 is 0.833 bits per heavy atom. The molecule has 0 aromatic rings. The minimum absolute atomic E-state index is 0.441. The van der Waals surface area contributed by atoms with E-state index in [4.69, 9.17) is 4.43 Å². The third kappa shape index (κ3) is 4.94. The van der Waals surface area contributed by atoms with Gasteiger partial charge < -0.3 is 4.43 Å². The molecule has 0 unspecified atom stereocenters. The van der Waals surface area contributed by atoms with Gasteiger partial charge in [0.1, 0.15) is 0 Å². The van der Waals surface area contributed by atoms with Crippen molar-refractivity contribution >= 4 is 8.32 Å². The maximum absolute atomic E-state index is 6.10. The van der Waals surface area contributed by atoms with Gasteiger partial charge in [0.05, 0.1) is 0 Å². The van der Waals surface area contributed by atoms with E-state index in [1.54, 1.807) is 0 Å². The first-order valence-electron chi connectivity index (χ1n) is 4.92. The Kier molecular flexibility index (Phi) is 4.49. The van der Waals surface area contributed by atoms with Gasteiger partial charge in [-0.25, -0.2) is 0 Å². The van der Waals surface area contributed by atoms with E-state index in [9.17, 15) is 0 Å². The van der Waals surface area contributed by atoms with Crippen molar-refractivity contribution in [3.8, 4) is 0 Å². The molecule has 0 aliphatic rings. The van der Waals surface area contributed by atoms with Crippen LogP contribution in [0.3, 0.4) is 0 Å². The van der Waals surface area contributed by atoms with E-state index >= 15 is 0 Å². The van der Waals surface area contributed by atoms with E-state index in [1.807, 2.05) is 0 Å². The molecule has 0 rings (SSSR count). The molecule has 0 saturated heterocycles. The molecule has 0 aromatic heterocycles. The molecule has 12 heavy (non-hydrogen) atoms. The van der Waals surface area contributed by atoms with Crippen LogP contribution in [0.5, 0.6) is 0 Å². The molecule has 74 valence electrons. The van der Waals surface area contributed by atoms with Crippen LogP contribution in [0.4, 0.5) is 0 Å². The second-order valence-corrected chi connectivity index (χ2v) is 9.64. The Bertz CT molecular complexity index is 116. The molecular formula is C10H24OSi. The molecule has 0 aliphatic carbocycles. The summed E-state index contributed by atoms with van der Waals surface area (Å²) in [5.74, 6) is 1.27. The molecule has 0 heterocycles. The third-order valence-electron chi connectivity index (χ3n) is 1.80. The van der Waals surface area contributed by atoms with Gasteiger partial charge in [0, 0.05) is 6.10 Å². The quantitative estimate of drug-likeness (QED) is 0.613. The second-order valence-electron chi connectivity index (χ2n) is 5.18. The van der Waals surface area contributed by atoms with Crippen LogP contribution in [0, 0.1) is 11.8 Å². The molecule has 0 radical (unpaired) electrons. The van der Waals surface area contributed by atoms with Crippen LogP contribution in [0.2, 0.25) is 19.6 Å². The van der Waals surface area contributed by atoms with Crippen LogP contribution in [-0.4, -0.2) is 14.4 Å². The van der Waals surface area contributed by atoms with Crippen molar-refractivity contribution in [1.82, 2.24) is 0 Å². The highest BCUT2D eigenvalue weighted by atomic mass is 28.4. The zero-order valence-corrected chi connectivity index (χ0v) is 10.6. The Morgan fingerprint density at radius 2 is 1.17 bits per heavy atom. The van der Waals surface area contributed by atoms with Crippen molar-refractivity contribution in [2.24, 2.45) is 11.8 Å². The van der Waals surface area contributed by atoms with Crippen molar-refractivity contribution in [2.75, 3.05) is 0 Å². The lowest BCUT2D eigenvalue weighted by Crippen LogP contribution is -2.37. The largest absolute Gasteiger partial charge is 0.414 e. The maximum Gasteiger partial charge on any atom is 0.184 e. The average molecular weight is 188 g/mol. The van der Waals surface area contributed by atoms with Crippen LogP contribution in [-0.2, 0) is 4.43 Å². The minimum Gasteiger partial charge on any atom is -0.414 e. The lowest BCUT2D eigenvalue weighted by molar-refractivity contribution is 0.0978. The molecule has 0 saturated carbocycles. The average Bonchev–Trinajstić information content (AvgIpc) is 1.79. The molecule has 0 bridgehead atoms. The van der Waals surface area contributed by atoms with Crippen molar-refractivity contribution in [2.45, 2.75) is 53.4 Å². The summed E-state index contributed by atoms with van der Waals surface area (Å²) in [6, 6.07) is 0. The molecule has 0 atom stereocenters. The van der Waals surface area contributed by atoms with Gasteiger partial charge in [-0.05, 0) is 31.5 Å². The topological polar surface area (TPSA) is 9.23 Å². The monoisotopic (exact) mass is 188 g/mol. The Morgan fingerprint density at radius 3 is 1.25 bits per heavy atom. The number of rotatable bonds is 4. The molecule has 2 heteroatoms. The van der Waals surface area contributed by atoms with Gasteiger partial charge in [-0.3, -0.25) is 0 Å². The zero-order chi connectivity index (χ0) is 9.94. The summed E-state index contributed by atoms with van der Waals surface area (Å²) in [5.41, 5.74) is 0. The van der Waals surface area contributed by atoms with E-state index in [2.05, 4.69) is 47.3 Å². The smallest absolute Gasteiger partial charge is 0.184 e. The zero-order valence-electron chi connectivity index (χ0n) is 9.64. The standard InChI is InChI=1S/C10H24OSi/c1-8(2)10(9(3)4)11-12(5,6)7/h8-10H,1-7H3. The predicted octanol–water partition coefficient (Wildman–Crippen LogP) is 3.52. The fourth-order valence-electron chi connectivity index (χ4n) is 1.45. The highest BCUT2D eigenvalue weighted by Crippen LogP contribution is 2.20. The summed E-state index contributed by atoms with van der Waals surface area (Å²) < 4.78 is 6.10. The van der Waals surface area contributed by atoms with Gasteiger partial charge in [0.15, 0.2) is 8.32 Å². The minimum atomic E-state index is -1.35. The van der Waals surface area contributed by atoms with Crippen LogP contribution >= 0.6 is 0 Å². The SMILES string of the molecule is CC(C)C(O[Si](C)(C)C)C(C)C. The van der Waals surface area contributed by atoms with Crippen molar-refractivity contribution < 1.29 is 4.43 Å². The van der Waals surface area contributed by atoms with Crippen molar-refractivity contribution in [1.29, 1.82) is 0 Å². The highest BCUT2D eigenvalue weighted by Gasteiger charge is 2.25. The van der Waals surface area contributed by atoms with Crippen LogP contribution in [0.15, 0.2) is 0 Å². The lowest BCUT2D eigenvalue weighted by atomic mass is 9.97. The van der Waals surface area contributed by atoms with E-state index in [0.717, 1.165) is 0 Å². The van der Waals surface area contributed by atoms with Gasteiger partial charge in [-0.1, -0.05) is 27.7 Å². The summed E-state index contributed by atoms with van der Waals surface area (Å²) in [4.78, 5) is 0. The van der Waals surface area contributed by atoms with Gasteiger partial charge in [0.2, 0.25) is 0 Å². The summed E-state index contributed by atoms with van der Waals surface area (Å²) in [6.07, 6.45) is 0.441. The first-order valence-corrected chi connectivity index (χ1v) is 8.32. The molecule has 0 amide bonds. The highest BCUT2D eigenvalue weighted by molar-refractivity contribution is 6.69. The van der Waals surface area contributed by atoms with E-state index in [0.29, 0.717) is 17.9 Å². The van der Waals surface area contributed by atoms with Gasteiger partial charge >= 0.3 is 0 Å². The normalized spacial score (nSPS) is 13.5.